The van der Waals surface area contributed by atoms with Gasteiger partial charge in [0.15, 0.2) is 11.9 Å². The first-order valence-corrected chi connectivity index (χ1v) is 14.2. The van der Waals surface area contributed by atoms with Crippen molar-refractivity contribution in [1.82, 2.24) is 9.80 Å². The summed E-state index contributed by atoms with van der Waals surface area (Å²) in [6, 6.07) is 0. The Morgan fingerprint density at radius 3 is 1.14 bits per heavy atom. The molecule has 0 aromatic rings. The molecule has 13 heteroatoms. The molecule has 204 valence electrons. The van der Waals surface area contributed by atoms with Crippen molar-refractivity contribution in [2.45, 2.75) is 51.4 Å². The van der Waals surface area contributed by atoms with E-state index >= 15 is 0 Å². The van der Waals surface area contributed by atoms with Crippen molar-refractivity contribution in [3.8, 4) is 0 Å². The molecule has 0 spiro atoms. The average molecular weight is 519 g/mol. The zero-order valence-electron chi connectivity index (χ0n) is 20.8. The number of nitrogens with two attached hydrogens (primary N) is 4. The fourth-order valence-electron chi connectivity index (χ4n) is 6.01. The second-order valence-electron chi connectivity index (χ2n) is 10.2. The van der Waals surface area contributed by atoms with Gasteiger partial charge in [-0.15, -0.1) is 0 Å². The van der Waals surface area contributed by atoms with Crippen LogP contribution in [0.5, 0.6) is 0 Å². The molecule has 10 N–H and O–H groups in total. The third-order valence-corrected chi connectivity index (χ3v) is 7.53. The van der Waals surface area contributed by atoms with Gasteiger partial charge in [-0.05, 0) is 49.4 Å². The first-order valence-electron chi connectivity index (χ1n) is 12.8. The third kappa shape index (κ3) is 12.7. The van der Waals surface area contributed by atoms with Gasteiger partial charge in [0, 0.05) is 39.3 Å². The lowest BCUT2D eigenvalue weighted by Crippen LogP contribution is -2.27. The summed E-state index contributed by atoms with van der Waals surface area (Å²) in [5.74, 6) is 4.25. The van der Waals surface area contributed by atoms with Crippen LogP contribution in [0.15, 0.2) is 9.98 Å². The summed E-state index contributed by atoms with van der Waals surface area (Å²) in [5, 5.41) is 0. The van der Waals surface area contributed by atoms with Crippen LogP contribution in [-0.4, -0.2) is 91.6 Å². The minimum Gasteiger partial charge on any atom is -0.370 e. The highest BCUT2D eigenvalue weighted by atomic mass is 32.3. The molecular weight excluding hydrogens is 472 g/mol. The first-order chi connectivity index (χ1) is 16.5. The number of aliphatic imine (C=N–C) groups is 2. The first kappa shape index (κ1) is 29.6. The van der Waals surface area contributed by atoms with Crippen molar-refractivity contribution < 1.29 is 17.5 Å². The predicted octanol–water partition coefficient (Wildman–Crippen LogP) is 0.111. The molecule has 4 fully saturated rings. The lowest BCUT2D eigenvalue weighted by molar-refractivity contribution is 0.299. The number of nitrogens with zero attached hydrogens (tertiary/aromatic N) is 4. The van der Waals surface area contributed by atoms with Gasteiger partial charge in [0.25, 0.3) is 0 Å². The fraction of sp³-hybridized carbons (Fsp3) is 0.909. The van der Waals surface area contributed by atoms with Crippen LogP contribution in [0, 0.1) is 23.7 Å². The van der Waals surface area contributed by atoms with E-state index in [1.165, 1.54) is 77.5 Å². The maximum absolute atomic E-state index is 8.74. The Labute approximate surface area is 210 Å². The van der Waals surface area contributed by atoms with Crippen molar-refractivity contribution in [2.24, 2.45) is 56.6 Å². The van der Waals surface area contributed by atoms with Crippen molar-refractivity contribution in [2.75, 3.05) is 52.4 Å². The molecular formula is C22H46N8O4S. The number of likely N-dealkylation sites (tertiary alicyclic amines) is 2. The van der Waals surface area contributed by atoms with Crippen LogP contribution in [-0.2, 0) is 10.4 Å². The number of rotatable bonds is 6. The molecule has 4 atom stereocenters. The minimum atomic E-state index is -4.67. The zero-order valence-corrected chi connectivity index (χ0v) is 21.7. The molecule has 4 aliphatic rings. The molecule has 12 nitrogen and oxygen atoms in total. The molecule has 0 amide bonds. The molecule has 2 saturated carbocycles. The summed E-state index contributed by atoms with van der Waals surface area (Å²) in [7, 11) is -4.67. The average Bonchev–Trinajstić information content (AvgIpc) is 3.35. The topological polar surface area (TPSA) is 210 Å². The standard InChI is InChI=1S/2C11H22N4.H2O4S/c2*12-11(13)14-5-6-15-7-9-3-1-2-4-10(9)8-15;1-5(2,3)4/h2*9-10H,1-8H2,(H4,12,13,14);(H2,1,2,3,4)/t2*9-,10+;. The van der Waals surface area contributed by atoms with Crippen molar-refractivity contribution in [3.63, 3.8) is 0 Å². The largest absolute Gasteiger partial charge is 0.394 e. The summed E-state index contributed by atoms with van der Waals surface area (Å²) in [6.07, 6.45) is 11.5. The highest BCUT2D eigenvalue weighted by molar-refractivity contribution is 7.79. The molecule has 2 heterocycles. The summed E-state index contributed by atoms with van der Waals surface area (Å²) in [6.45, 7) is 8.62. The van der Waals surface area contributed by atoms with Crippen molar-refractivity contribution >= 4 is 22.3 Å². The van der Waals surface area contributed by atoms with Gasteiger partial charge in [-0.1, -0.05) is 25.7 Å². The van der Waals surface area contributed by atoms with E-state index in [0.717, 1.165) is 49.9 Å². The molecule has 0 bridgehead atoms. The van der Waals surface area contributed by atoms with Gasteiger partial charge >= 0.3 is 10.4 Å². The summed E-state index contributed by atoms with van der Waals surface area (Å²) in [5.41, 5.74) is 21.2. The molecule has 0 unspecified atom stereocenters. The number of fused-ring (bicyclic) bond motifs is 2. The summed E-state index contributed by atoms with van der Waals surface area (Å²) < 4.78 is 31.6. The van der Waals surface area contributed by atoms with Crippen LogP contribution >= 0.6 is 0 Å². The third-order valence-electron chi connectivity index (χ3n) is 7.53. The van der Waals surface area contributed by atoms with Gasteiger partial charge in [-0.25, -0.2) is 0 Å². The monoisotopic (exact) mass is 518 g/mol. The second-order valence-corrected chi connectivity index (χ2v) is 11.1. The lowest BCUT2D eigenvalue weighted by Gasteiger charge is -2.23. The molecule has 0 radical (unpaired) electrons. The van der Waals surface area contributed by atoms with Crippen LogP contribution in [0.2, 0.25) is 0 Å². The predicted molar refractivity (Wildman–Crippen MR) is 139 cm³/mol. The van der Waals surface area contributed by atoms with Crippen LogP contribution in [0.25, 0.3) is 0 Å². The van der Waals surface area contributed by atoms with Gasteiger partial charge < -0.3 is 32.7 Å². The van der Waals surface area contributed by atoms with Gasteiger partial charge in [0.05, 0.1) is 13.1 Å². The zero-order chi connectivity index (χ0) is 25.8. The Hall–Kier alpha value is -1.67. The van der Waals surface area contributed by atoms with E-state index in [0.29, 0.717) is 0 Å². The molecule has 2 aliphatic heterocycles. The van der Waals surface area contributed by atoms with Crippen molar-refractivity contribution in [1.29, 1.82) is 0 Å². The van der Waals surface area contributed by atoms with Gasteiger partial charge in [-0.3, -0.25) is 19.1 Å². The Morgan fingerprint density at radius 1 is 0.657 bits per heavy atom. The highest BCUT2D eigenvalue weighted by Gasteiger charge is 2.34. The van der Waals surface area contributed by atoms with Gasteiger partial charge in [-0.2, -0.15) is 8.42 Å². The fourth-order valence-corrected chi connectivity index (χ4v) is 6.01. The van der Waals surface area contributed by atoms with Gasteiger partial charge in [0.1, 0.15) is 0 Å². The van der Waals surface area contributed by atoms with Crippen LogP contribution in [0.1, 0.15) is 51.4 Å². The number of hydrogen-bond acceptors (Lipinski definition) is 6. The van der Waals surface area contributed by atoms with E-state index in [1.807, 2.05) is 0 Å². The molecule has 2 saturated heterocycles. The van der Waals surface area contributed by atoms with E-state index in [2.05, 4.69) is 19.8 Å². The lowest BCUT2D eigenvalue weighted by atomic mass is 9.82. The van der Waals surface area contributed by atoms with E-state index < -0.39 is 10.4 Å². The Balaban J connectivity index is 0.000000208. The Kier molecular flexibility index (Phi) is 12.5. The quantitative estimate of drug-likeness (QED) is 0.159. The summed E-state index contributed by atoms with van der Waals surface area (Å²) >= 11 is 0. The van der Waals surface area contributed by atoms with E-state index in [9.17, 15) is 0 Å². The van der Waals surface area contributed by atoms with Crippen molar-refractivity contribution in [3.05, 3.63) is 0 Å². The van der Waals surface area contributed by atoms with E-state index in [1.54, 1.807) is 0 Å². The maximum Gasteiger partial charge on any atom is 0.394 e. The molecule has 35 heavy (non-hydrogen) atoms. The second kappa shape index (κ2) is 14.8. The summed E-state index contributed by atoms with van der Waals surface area (Å²) in [4.78, 5) is 13.1. The smallest absolute Gasteiger partial charge is 0.370 e. The Bertz CT molecular complexity index is 700. The number of hydrogen-bond donors (Lipinski definition) is 6. The maximum atomic E-state index is 8.74. The molecule has 0 aromatic carbocycles. The minimum absolute atomic E-state index is 0.214. The Morgan fingerprint density at radius 2 is 0.914 bits per heavy atom. The van der Waals surface area contributed by atoms with E-state index in [-0.39, 0.29) is 11.9 Å². The highest BCUT2D eigenvalue weighted by Crippen LogP contribution is 2.36. The number of guanidine groups is 2. The van der Waals surface area contributed by atoms with Gasteiger partial charge in [0.2, 0.25) is 0 Å². The van der Waals surface area contributed by atoms with Crippen LogP contribution in [0.4, 0.5) is 0 Å². The molecule has 0 aromatic heterocycles. The molecule has 4 rings (SSSR count). The normalized spacial score (nSPS) is 28.4. The van der Waals surface area contributed by atoms with Crippen LogP contribution in [0.3, 0.4) is 0 Å². The molecule has 2 aliphatic carbocycles. The SMILES string of the molecule is NC(N)=NCCN1C[C@H]2CCCC[C@H]2C1.NC(N)=NCCN1C[C@H]2CCCC[C@H]2C1.O=S(=O)(O)O. The van der Waals surface area contributed by atoms with E-state index in [4.69, 9.17) is 40.5 Å². The van der Waals surface area contributed by atoms with Crippen LogP contribution < -0.4 is 22.9 Å².